The van der Waals surface area contributed by atoms with E-state index in [4.69, 9.17) is 0 Å². The van der Waals surface area contributed by atoms with Gasteiger partial charge in [-0.05, 0) is 30.2 Å². The minimum atomic E-state index is -0.0660. The largest absolute Gasteiger partial charge is 0.310 e. The molecule has 0 saturated carbocycles. The van der Waals surface area contributed by atoms with Crippen molar-refractivity contribution in [3.05, 3.63) is 58.2 Å². The molecule has 0 aliphatic heterocycles. The normalized spacial score (nSPS) is 10.1. The maximum Gasteiger partial charge on any atom is 0.229 e. The molecule has 1 aromatic heterocycles. The fraction of sp³-hybridized carbons (Fsp3) is 0.143. The van der Waals surface area contributed by atoms with Gasteiger partial charge < -0.3 is 5.32 Å². The molecule has 18 heavy (non-hydrogen) atoms. The highest BCUT2D eigenvalue weighted by molar-refractivity contribution is 9.10. The second kappa shape index (κ2) is 5.78. The SMILES string of the molecule is Cc1cccnc1NC(=O)Cc1ccccc1Br. The molecule has 0 unspecified atom stereocenters. The number of aryl methyl sites for hydroxylation is 1. The number of anilines is 1. The van der Waals surface area contributed by atoms with Crippen LogP contribution in [-0.2, 0) is 11.2 Å². The van der Waals surface area contributed by atoms with Gasteiger partial charge in [-0.3, -0.25) is 4.79 Å². The van der Waals surface area contributed by atoms with E-state index in [0.717, 1.165) is 15.6 Å². The summed E-state index contributed by atoms with van der Waals surface area (Å²) in [6.45, 7) is 1.92. The first-order valence-corrected chi connectivity index (χ1v) is 6.41. The predicted octanol–water partition coefficient (Wildman–Crippen LogP) is 3.33. The van der Waals surface area contributed by atoms with E-state index in [-0.39, 0.29) is 5.91 Å². The Morgan fingerprint density at radius 1 is 1.28 bits per heavy atom. The van der Waals surface area contributed by atoms with Crippen LogP contribution in [0.3, 0.4) is 0 Å². The third-order valence-corrected chi connectivity index (χ3v) is 3.35. The Labute approximate surface area is 114 Å². The maximum absolute atomic E-state index is 11.9. The number of hydrogen-bond donors (Lipinski definition) is 1. The quantitative estimate of drug-likeness (QED) is 0.945. The van der Waals surface area contributed by atoms with E-state index in [2.05, 4.69) is 26.2 Å². The predicted molar refractivity (Wildman–Crippen MR) is 75.4 cm³/mol. The van der Waals surface area contributed by atoms with Gasteiger partial charge in [-0.2, -0.15) is 0 Å². The summed E-state index contributed by atoms with van der Waals surface area (Å²) in [5.74, 6) is 0.554. The van der Waals surface area contributed by atoms with Crippen LogP contribution in [0.4, 0.5) is 5.82 Å². The van der Waals surface area contributed by atoms with Gasteiger partial charge in [0.25, 0.3) is 0 Å². The number of carbonyl (C=O) groups is 1. The summed E-state index contributed by atoms with van der Waals surface area (Å²) in [5, 5.41) is 2.82. The number of pyridine rings is 1. The minimum Gasteiger partial charge on any atom is -0.310 e. The number of rotatable bonds is 3. The van der Waals surface area contributed by atoms with Gasteiger partial charge in [0, 0.05) is 10.7 Å². The maximum atomic E-state index is 11.9. The van der Waals surface area contributed by atoms with Gasteiger partial charge in [0.2, 0.25) is 5.91 Å². The van der Waals surface area contributed by atoms with Crippen molar-refractivity contribution in [2.24, 2.45) is 0 Å². The molecule has 1 N–H and O–H groups in total. The fourth-order valence-electron chi connectivity index (χ4n) is 1.61. The summed E-state index contributed by atoms with van der Waals surface area (Å²) in [4.78, 5) is 16.1. The van der Waals surface area contributed by atoms with Crippen molar-refractivity contribution in [1.82, 2.24) is 4.98 Å². The zero-order chi connectivity index (χ0) is 13.0. The van der Waals surface area contributed by atoms with E-state index < -0.39 is 0 Å². The molecule has 0 atom stereocenters. The molecular weight excluding hydrogens is 292 g/mol. The van der Waals surface area contributed by atoms with Crippen LogP contribution in [0.15, 0.2) is 47.1 Å². The molecular formula is C14H13BrN2O. The highest BCUT2D eigenvalue weighted by atomic mass is 79.9. The molecule has 3 nitrogen and oxygen atoms in total. The van der Waals surface area contributed by atoms with Gasteiger partial charge in [0.15, 0.2) is 0 Å². The molecule has 4 heteroatoms. The zero-order valence-electron chi connectivity index (χ0n) is 9.98. The van der Waals surface area contributed by atoms with Crippen LogP contribution >= 0.6 is 15.9 Å². The Bertz CT molecular complexity index is 520. The molecule has 1 amide bonds. The lowest BCUT2D eigenvalue weighted by atomic mass is 10.1. The van der Waals surface area contributed by atoms with Crippen LogP contribution in [0.1, 0.15) is 11.1 Å². The summed E-state index contributed by atoms with van der Waals surface area (Å²) < 4.78 is 0.942. The highest BCUT2D eigenvalue weighted by Gasteiger charge is 2.08. The third-order valence-electron chi connectivity index (χ3n) is 2.58. The lowest BCUT2D eigenvalue weighted by Gasteiger charge is -2.07. The van der Waals surface area contributed by atoms with Gasteiger partial charge in [-0.1, -0.05) is 40.2 Å². The van der Waals surface area contributed by atoms with E-state index in [1.165, 1.54) is 0 Å². The second-order valence-electron chi connectivity index (χ2n) is 3.99. The van der Waals surface area contributed by atoms with Crippen molar-refractivity contribution in [3.63, 3.8) is 0 Å². The van der Waals surface area contributed by atoms with Crippen LogP contribution in [0.5, 0.6) is 0 Å². The number of carbonyl (C=O) groups excluding carboxylic acids is 1. The molecule has 0 fully saturated rings. The van der Waals surface area contributed by atoms with Gasteiger partial charge >= 0.3 is 0 Å². The van der Waals surface area contributed by atoms with E-state index >= 15 is 0 Å². The monoisotopic (exact) mass is 304 g/mol. The smallest absolute Gasteiger partial charge is 0.229 e. The van der Waals surface area contributed by atoms with Crippen LogP contribution in [0.2, 0.25) is 0 Å². The van der Waals surface area contributed by atoms with Gasteiger partial charge in [0.05, 0.1) is 6.42 Å². The van der Waals surface area contributed by atoms with Crippen LogP contribution in [-0.4, -0.2) is 10.9 Å². The average Bonchev–Trinajstić information content (AvgIpc) is 2.35. The summed E-state index contributed by atoms with van der Waals surface area (Å²) in [5.41, 5.74) is 1.92. The number of hydrogen-bond acceptors (Lipinski definition) is 2. The van der Waals surface area contributed by atoms with Gasteiger partial charge in [0.1, 0.15) is 5.82 Å². The Morgan fingerprint density at radius 2 is 2.06 bits per heavy atom. The van der Waals surface area contributed by atoms with Crippen LogP contribution in [0, 0.1) is 6.92 Å². The first-order valence-electron chi connectivity index (χ1n) is 5.61. The van der Waals surface area contributed by atoms with Crippen molar-refractivity contribution in [2.75, 3.05) is 5.32 Å². The van der Waals surface area contributed by atoms with Crippen molar-refractivity contribution in [3.8, 4) is 0 Å². The Balaban J connectivity index is 2.06. The summed E-state index contributed by atoms with van der Waals surface area (Å²) in [6, 6.07) is 11.5. The van der Waals surface area contributed by atoms with Gasteiger partial charge in [-0.25, -0.2) is 4.98 Å². The Morgan fingerprint density at radius 3 is 2.78 bits per heavy atom. The molecule has 2 rings (SSSR count). The molecule has 2 aromatic rings. The molecule has 0 spiro atoms. The van der Waals surface area contributed by atoms with Crippen LogP contribution in [0.25, 0.3) is 0 Å². The molecule has 0 bridgehead atoms. The van der Waals surface area contributed by atoms with Crippen LogP contribution < -0.4 is 5.32 Å². The van der Waals surface area contributed by atoms with Crippen molar-refractivity contribution in [1.29, 1.82) is 0 Å². The number of amides is 1. The van der Waals surface area contributed by atoms with E-state index in [0.29, 0.717) is 12.2 Å². The Kier molecular flexibility index (Phi) is 4.10. The van der Waals surface area contributed by atoms with E-state index in [9.17, 15) is 4.79 Å². The lowest BCUT2D eigenvalue weighted by molar-refractivity contribution is -0.115. The lowest BCUT2D eigenvalue weighted by Crippen LogP contribution is -2.16. The molecule has 92 valence electrons. The first-order chi connectivity index (χ1) is 8.66. The van der Waals surface area contributed by atoms with Crippen molar-refractivity contribution >= 4 is 27.7 Å². The number of halogens is 1. The van der Waals surface area contributed by atoms with E-state index in [1.807, 2.05) is 43.3 Å². The summed E-state index contributed by atoms with van der Waals surface area (Å²) in [7, 11) is 0. The minimum absolute atomic E-state index is 0.0660. The number of nitrogens with one attached hydrogen (secondary N) is 1. The highest BCUT2D eigenvalue weighted by Crippen LogP contribution is 2.17. The first kappa shape index (κ1) is 12.8. The van der Waals surface area contributed by atoms with Crippen molar-refractivity contribution < 1.29 is 4.79 Å². The second-order valence-corrected chi connectivity index (χ2v) is 4.84. The number of aromatic nitrogens is 1. The molecule has 1 heterocycles. The van der Waals surface area contributed by atoms with Gasteiger partial charge in [-0.15, -0.1) is 0 Å². The standard InChI is InChI=1S/C14H13BrN2O/c1-10-5-4-8-16-14(10)17-13(18)9-11-6-2-3-7-12(11)15/h2-8H,9H2,1H3,(H,16,17,18). The summed E-state index contributed by atoms with van der Waals surface area (Å²) >= 11 is 3.43. The topological polar surface area (TPSA) is 42.0 Å². The third kappa shape index (κ3) is 3.17. The molecule has 0 aliphatic rings. The average molecular weight is 305 g/mol. The Hall–Kier alpha value is -1.68. The molecule has 0 aliphatic carbocycles. The van der Waals surface area contributed by atoms with Crippen molar-refractivity contribution in [2.45, 2.75) is 13.3 Å². The van der Waals surface area contributed by atoms with E-state index in [1.54, 1.807) is 6.20 Å². The molecule has 1 aromatic carbocycles. The summed E-state index contributed by atoms with van der Waals surface area (Å²) in [6.07, 6.45) is 2.00. The zero-order valence-corrected chi connectivity index (χ0v) is 11.6. The molecule has 0 saturated heterocycles. The fourth-order valence-corrected chi connectivity index (χ4v) is 2.03. The number of benzene rings is 1. The number of nitrogens with zero attached hydrogens (tertiary/aromatic N) is 1. The molecule has 0 radical (unpaired) electrons.